The number of aromatic nitrogens is 4. The van der Waals surface area contributed by atoms with Crippen LogP contribution in [0, 0.1) is 0 Å². The van der Waals surface area contributed by atoms with Crippen molar-refractivity contribution in [2.45, 2.75) is 20.3 Å². The van der Waals surface area contributed by atoms with Gasteiger partial charge in [0.1, 0.15) is 5.52 Å². The highest BCUT2D eigenvalue weighted by atomic mass is 16.1. The van der Waals surface area contributed by atoms with Crippen LogP contribution < -0.4 is 10.6 Å². The number of pyridine rings is 1. The molecule has 1 amide bonds. The van der Waals surface area contributed by atoms with Crippen LogP contribution in [-0.4, -0.2) is 32.0 Å². The molecule has 0 spiro atoms. The molecule has 148 valence electrons. The van der Waals surface area contributed by atoms with Gasteiger partial charge in [0, 0.05) is 30.7 Å². The first-order valence-corrected chi connectivity index (χ1v) is 9.47. The molecule has 3 heterocycles. The van der Waals surface area contributed by atoms with Gasteiger partial charge < -0.3 is 10.6 Å². The molecule has 0 radical (unpaired) electrons. The molecule has 0 saturated carbocycles. The van der Waals surface area contributed by atoms with Gasteiger partial charge in [0.25, 0.3) is 5.91 Å². The molecule has 0 aromatic carbocycles. The van der Waals surface area contributed by atoms with Gasteiger partial charge in [0.15, 0.2) is 11.6 Å². The van der Waals surface area contributed by atoms with Crippen molar-refractivity contribution in [2.24, 2.45) is 0 Å². The number of hydrogen-bond acceptors (Lipinski definition) is 5. The van der Waals surface area contributed by atoms with Crippen LogP contribution in [0.15, 0.2) is 67.7 Å². The number of amides is 1. The molecule has 2 N–H and O–H groups in total. The summed E-state index contributed by atoms with van der Waals surface area (Å²) in [7, 11) is 0. The summed E-state index contributed by atoms with van der Waals surface area (Å²) in [6.45, 7) is 8.61. The second kappa shape index (κ2) is 9.45. The summed E-state index contributed by atoms with van der Waals surface area (Å²) < 4.78 is 1.73. The van der Waals surface area contributed by atoms with Crippen LogP contribution in [0.5, 0.6) is 0 Å². The van der Waals surface area contributed by atoms with Gasteiger partial charge in [-0.25, -0.2) is 9.50 Å². The fourth-order valence-electron chi connectivity index (χ4n) is 2.67. The number of rotatable bonds is 8. The number of fused-ring (bicyclic) bond motifs is 1. The average molecular weight is 388 g/mol. The van der Waals surface area contributed by atoms with E-state index in [1.54, 1.807) is 23.0 Å². The zero-order valence-corrected chi connectivity index (χ0v) is 16.6. The fourth-order valence-corrected chi connectivity index (χ4v) is 2.67. The van der Waals surface area contributed by atoms with Gasteiger partial charge in [0.05, 0.1) is 11.3 Å². The Labute approximate surface area is 169 Å². The summed E-state index contributed by atoms with van der Waals surface area (Å²) in [4.78, 5) is 21.2. The van der Waals surface area contributed by atoms with E-state index in [0.29, 0.717) is 35.0 Å². The van der Waals surface area contributed by atoms with Gasteiger partial charge >= 0.3 is 0 Å². The molecule has 7 nitrogen and oxygen atoms in total. The predicted octanol–water partition coefficient (Wildman–Crippen LogP) is 4.15. The maximum absolute atomic E-state index is 12.5. The third kappa shape index (κ3) is 4.76. The normalized spacial score (nSPS) is 11.4. The Hall–Kier alpha value is -3.74. The minimum Gasteiger partial charge on any atom is -0.352 e. The van der Waals surface area contributed by atoms with E-state index in [4.69, 9.17) is 0 Å². The zero-order valence-electron chi connectivity index (χ0n) is 16.6. The van der Waals surface area contributed by atoms with E-state index in [-0.39, 0.29) is 5.91 Å². The van der Waals surface area contributed by atoms with Crippen LogP contribution >= 0.6 is 0 Å². The maximum Gasteiger partial charge on any atom is 0.254 e. The molecule has 3 rings (SSSR count). The van der Waals surface area contributed by atoms with Crippen molar-refractivity contribution in [3.05, 3.63) is 79.1 Å². The molecule has 0 unspecified atom stereocenters. The third-order valence-electron chi connectivity index (χ3n) is 4.13. The molecule has 0 atom stereocenters. The molecule has 0 aliphatic heterocycles. The lowest BCUT2D eigenvalue weighted by Gasteiger charge is -2.13. The van der Waals surface area contributed by atoms with E-state index in [0.717, 1.165) is 11.9 Å². The van der Waals surface area contributed by atoms with Crippen LogP contribution in [0.1, 0.15) is 36.5 Å². The molecule has 3 aromatic heterocycles. The number of nitrogens with zero attached hydrogens (tertiary/aromatic N) is 4. The summed E-state index contributed by atoms with van der Waals surface area (Å²) in [5.74, 6) is 0.890. The summed E-state index contributed by atoms with van der Waals surface area (Å²) in [6.07, 6.45) is 13.5. The van der Waals surface area contributed by atoms with Crippen LogP contribution in [0.4, 0.5) is 11.5 Å². The van der Waals surface area contributed by atoms with E-state index in [2.05, 4.69) is 32.3 Å². The molecular weight excluding hydrogens is 364 g/mol. The second-order valence-electron chi connectivity index (χ2n) is 6.33. The molecule has 0 aliphatic carbocycles. The van der Waals surface area contributed by atoms with Crippen LogP contribution in [0.2, 0.25) is 0 Å². The predicted molar refractivity (Wildman–Crippen MR) is 116 cm³/mol. The number of carbonyl (C=O) groups is 1. The van der Waals surface area contributed by atoms with Crippen molar-refractivity contribution in [2.75, 3.05) is 11.9 Å². The minimum absolute atomic E-state index is 0.179. The Bertz CT molecular complexity index is 1080. The van der Waals surface area contributed by atoms with Gasteiger partial charge in [-0.2, -0.15) is 0 Å². The molecular formula is C22H24N6O. The topological polar surface area (TPSA) is 84.2 Å². The number of anilines is 2. The Morgan fingerprint density at radius 1 is 1.31 bits per heavy atom. The largest absolute Gasteiger partial charge is 0.352 e. The molecule has 7 heteroatoms. The van der Waals surface area contributed by atoms with Gasteiger partial charge in [-0.15, -0.1) is 5.10 Å². The van der Waals surface area contributed by atoms with E-state index in [1.807, 2.05) is 56.5 Å². The van der Waals surface area contributed by atoms with Crippen molar-refractivity contribution < 1.29 is 4.79 Å². The zero-order chi connectivity index (χ0) is 20.6. The Morgan fingerprint density at radius 2 is 2.17 bits per heavy atom. The first-order chi connectivity index (χ1) is 14.1. The minimum atomic E-state index is -0.179. The summed E-state index contributed by atoms with van der Waals surface area (Å²) in [6, 6.07) is 5.55. The molecule has 0 bridgehead atoms. The lowest BCUT2D eigenvalue weighted by molar-refractivity contribution is 0.0954. The van der Waals surface area contributed by atoms with Crippen molar-refractivity contribution in [1.29, 1.82) is 0 Å². The van der Waals surface area contributed by atoms with Crippen molar-refractivity contribution in [1.82, 2.24) is 24.9 Å². The van der Waals surface area contributed by atoms with E-state index in [9.17, 15) is 4.79 Å². The van der Waals surface area contributed by atoms with Crippen LogP contribution in [-0.2, 0) is 0 Å². The van der Waals surface area contributed by atoms with Crippen LogP contribution in [0.25, 0.3) is 11.1 Å². The highest BCUT2D eigenvalue weighted by molar-refractivity contribution is 6.00. The SMILES string of the molecule is C=C(/C=C\C=C/C)c1nc(Nc2ccncc2C(=O)NCCC)c2cccn2n1. The Kier molecular flexibility index (Phi) is 6.52. The van der Waals surface area contributed by atoms with Crippen molar-refractivity contribution >= 4 is 28.5 Å². The number of nitrogens with one attached hydrogen (secondary N) is 2. The van der Waals surface area contributed by atoms with Crippen molar-refractivity contribution in [3.63, 3.8) is 0 Å². The summed E-state index contributed by atoms with van der Waals surface area (Å²) >= 11 is 0. The first kappa shape index (κ1) is 20.0. The lowest BCUT2D eigenvalue weighted by Crippen LogP contribution is -2.25. The first-order valence-electron chi connectivity index (χ1n) is 9.47. The fraction of sp³-hybridized carbons (Fsp3) is 0.182. The average Bonchev–Trinajstić information content (AvgIpc) is 3.21. The van der Waals surface area contributed by atoms with E-state index >= 15 is 0 Å². The highest BCUT2D eigenvalue weighted by Gasteiger charge is 2.14. The monoisotopic (exact) mass is 388 g/mol. The molecule has 3 aromatic rings. The van der Waals surface area contributed by atoms with Crippen molar-refractivity contribution in [3.8, 4) is 0 Å². The maximum atomic E-state index is 12.5. The highest BCUT2D eigenvalue weighted by Crippen LogP contribution is 2.24. The van der Waals surface area contributed by atoms with Crippen LogP contribution in [0.3, 0.4) is 0 Å². The number of carbonyl (C=O) groups excluding carboxylic acids is 1. The van der Waals surface area contributed by atoms with Gasteiger partial charge in [-0.05, 0) is 31.5 Å². The number of allylic oxidation sites excluding steroid dienone is 5. The smallest absolute Gasteiger partial charge is 0.254 e. The summed E-state index contributed by atoms with van der Waals surface area (Å²) in [5, 5.41) is 10.7. The number of hydrogen-bond donors (Lipinski definition) is 2. The second-order valence-corrected chi connectivity index (χ2v) is 6.33. The van der Waals surface area contributed by atoms with Gasteiger partial charge in [-0.3, -0.25) is 9.78 Å². The standard InChI is InChI=1S/C22H24N6O/c1-4-6-7-9-16(3)20-26-21(19-10-8-14-28(19)27-20)25-18-11-13-23-15-17(18)22(29)24-12-5-2/h4,6-11,13-15H,3,5,12H2,1-2H3,(H,24,29)(H,23,25,26,27)/b6-4-,9-7-. The summed E-state index contributed by atoms with van der Waals surface area (Å²) in [5.41, 5.74) is 2.54. The Balaban J connectivity index is 1.98. The molecule has 29 heavy (non-hydrogen) atoms. The molecule has 0 fully saturated rings. The van der Waals surface area contributed by atoms with Gasteiger partial charge in [-0.1, -0.05) is 37.8 Å². The molecule has 0 aliphatic rings. The third-order valence-corrected chi connectivity index (χ3v) is 4.13. The quantitative estimate of drug-likeness (QED) is 0.566. The molecule has 0 saturated heterocycles. The van der Waals surface area contributed by atoms with E-state index < -0.39 is 0 Å². The van der Waals surface area contributed by atoms with E-state index in [1.165, 1.54) is 0 Å². The van der Waals surface area contributed by atoms with Gasteiger partial charge in [0.2, 0.25) is 0 Å². The Morgan fingerprint density at radius 3 is 2.97 bits per heavy atom. The lowest BCUT2D eigenvalue weighted by atomic mass is 10.2.